The minimum Gasteiger partial charge on any atom is -0.0843 e. The quantitative estimate of drug-likeness (QED) is 0.727. The van der Waals surface area contributed by atoms with Gasteiger partial charge in [-0.1, -0.05) is 54.9 Å². The van der Waals surface area contributed by atoms with Gasteiger partial charge in [-0.05, 0) is 35.2 Å². The predicted molar refractivity (Wildman–Crippen MR) is 69.8 cm³/mol. The largest absolute Gasteiger partial charge is 0.0843 e. The van der Waals surface area contributed by atoms with Crippen molar-refractivity contribution in [2.45, 2.75) is 13.3 Å². The molecule has 2 rings (SSSR count). The van der Waals surface area contributed by atoms with Crippen molar-refractivity contribution in [3.8, 4) is 0 Å². The third-order valence-corrected chi connectivity index (χ3v) is 2.81. The highest BCUT2D eigenvalue weighted by Gasteiger charge is 1.98. The summed E-state index contributed by atoms with van der Waals surface area (Å²) < 4.78 is 0. The first kappa shape index (κ1) is 11.2. The van der Waals surface area contributed by atoms with Gasteiger partial charge < -0.3 is 0 Å². The number of halogens is 1. The average molecular weight is 230 g/mol. The van der Waals surface area contributed by atoms with E-state index in [1.165, 1.54) is 11.1 Å². The van der Waals surface area contributed by atoms with Crippen LogP contribution in [0.3, 0.4) is 0 Å². The molecule has 0 aliphatic rings. The van der Waals surface area contributed by atoms with Crippen molar-refractivity contribution in [1.29, 1.82) is 0 Å². The van der Waals surface area contributed by atoms with Crippen LogP contribution in [-0.4, -0.2) is 0 Å². The molecule has 0 spiro atoms. The Morgan fingerprint density at radius 1 is 1.00 bits per heavy atom. The van der Waals surface area contributed by atoms with Crippen LogP contribution in [0.15, 0.2) is 48.5 Å². The van der Waals surface area contributed by atoms with E-state index >= 15 is 0 Å². The van der Waals surface area contributed by atoms with Crippen molar-refractivity contribution in [1.82, 2.24) is 0 Å². The molecule has 0 amide bonds. The van der Waals surface area contributed by atoms with Gasteiger partial charge in [0.2, 0.25) is 0 Å². The van der Waals surface area contributed by atoms with E-state index in [2.05, 4.69) is 43.7 Å². The molecule has 0 nitrogen and oxygen atoms in total. The summed E-state index contributed by atoms with van der Waals surface area (Å²) in [5.41, 5.74) is 3.71. The lowest BCUT2D eigenvalue weighted by atomic mass is 10.0. The van der Waals surface area contributed by atoms with E-state index in [-0.39, 0.29) is 0 Å². The third-order valence-electron chi connectivity index (χ3n) is 2.57. The van der Waals surface area contributed by atoms with E-state index in [9.17, 15) is 0 Å². The van der Waals surface area contributed by atoms with E-state index in [0.717, 1.165) is 17.0 Å². The first-order valence-electron chi connectivity index (χ1n) is 5.47. The van der Waals surface area contributed by atoms with Crippen LogP contribution in [0.4, 0.5) is 0 Å². The summed E-state index contributed by atoms with van der Waals surface area (Å²) in [6.07, 6.45) is 3.21. The lowest BCUT2D eigenvalue weighted by Crippen LogP contribution is -1.86. The maximum absolute atomic E-state index is 5.94. The van der Waals surface area contributed by atoms with Gasteiger partial charge in [-0.25, -0.2) is 0 Å². The van der Waals surface area contributed by atoms with Gasteiger partial charge in [0.05, 0.1) is 0 Å². The fourth-order valence-electron chi connectivity index (χ4n) is 1.64. The molecule has 0 heterocycles. The van der Waals surface area contributed by atoms with Crippen molar-refractivity contribution in [3.05, 3.63) is 76.7 Å². The fraction of sp³-hybridized carbons (Fsp3) is 0.133. The molecule has 0 atom stereocenters. The van der Waals surface area contributed by atoms with Crippen molar-refractivity contribution in [3.63, 3.8) is 0 Å². The smallest absolute Gasteiger partial charge is 0.0408 e. The van der Waals surface area contributed by atoms with Gasteiger partial charge >= 0.3 is 0 Å². The molecule has 0 saturated heterocycles. The van der Waals surface area contributed by atoms with Crippen LogP contribution >= 0.6 is 11.6 Å². The van der Waals surface area contributed by atoms with Crippen LogP contribution in [0.1, 0.15) is 23.6 Å². The van der Waals surface area contributed by atoms with Crippen molar-refractivity contribution in [2.24, 2.45) is 0 Å². The number of hydrogen-bond acceptors (Lipinski definition) is 0. The Bertz CT molecular complexity index is 457. The summed E-state index contributed by atoms with van der Waals surface area (Å²) in [5.74, 6) is 0. The normalized spacial score (nSPS) is 10.4. The van der Waals surface area contributed by atoms with Gasteiger partial charge in [0.25, 0.3) is 0 Å². The minimum atomic E-state index is 0.777. The number of rotatable bonds is 3. The van der Waals surface area contributed by atoms with Gasteiger partial charge in [-0.15, -0.1) is 0 Å². The van der Waals surface area contributed by atoms with Crippen LogP contribution in [0, 0.1) is 6.42 Å². The first-order chi connectivity index (χ1) is 7.78. The molecule has 0 N–H and O–H groups in total. The molecule has 2 aromatic rings. The van der Waals surface area contributed by atoms with Gasteiger partial charge in [-0.3, -0.25) is 0 Å². The summed E-state index contributed by atoms with van der Waals surface area (Å²) in [6, 6.07) is 16.5. The lowest BCUT2D eigenvalue weighted by Gasteiger charge is -2.03. The second-order valence-electron chi connectivity index (χ2n) is 3.79. The number of benzene rings is 2. The topological polar surface area (TPSA) is 0 Å². The van der Waals surface area contributed by atoms with E-state index in [0.29, 0.717) is 0 Å². The average Bonchev–Trinajstić information content (AvgIpc) is 2.30. The van der Waals surface area contributed by atoms with Crippen LogP contribution < -0.4 is 0 Å². The molecule has 0 unspecified atom stereocenters. The van der Waals surface area contributed by atoms with Crippen LogP contribution in [0.25, 0.3) is 0 Å². The van der Waals surface area contributed by atoms with Gasteiger partial charge in [0, 0.05) is 11.4 Å². The minimum absolute atomic E-state index is 0.777. The Morgan fingerprint density at radius 3 is 2.38 bits per heavy atom. The van der Waals surface area contributed by atoms with Crippen molar-refractivity contribution in [2.75, 3.05) is 0 Å². The van der Waals surface area contributed by atoms with Crippen molar-refractivity contribution < 1.29 is 0 Å². The second-order valence-corrected chi connectivity index (χ2v) is 4.23. The van der Waals surface area contributed by atoms with Gasteiger partial charge in [0.1, 0.15) is 0 Å². The summed E-state index contributed by atoms with van der Waals surface area (Å²) >= 11 is 5.94. The zero-order chi connectivity index (χ0) is 11.4. The summed E-state index contributed by atoms with van der Waals surface area (Å²) in [4.78, 5) is 0. The standard InChI is InChI=1S/C15H14Cl/c1-2-12-6-8-13(9-7-12)10-14-4-3-5-15(16)11-14/h3-11H,2H2,1H3. The van der Waals surface area contributed by atoms with Gasteiger partial charge in [-0.2, -0.15) is 0 Å². The maximum Gasteiger partial charge on any atom is 0.0408 e. The van der Waals surface area contributed by atoms with Crippen LogP contribution in [0.5, 0.6) is 0 Å². The molecular formula is C15H14Cl. The van der Waals surface area contributed by atoms with E-state index < -0.39 is 0 Å². The Morgan fingerprint density at radius 2 is 1.75 bits per heavy atom. The first-order valence-corrected chi connectivity index (χ1v) is 5.85. The van der Waals surface area contributed by atoms with Gasteiger partial charge in [0.15, 0.2) is 0 Å². The van der Waals surface area contributed by atoms with E-state index in [1.807, 2.05) is 18.2 Å². The van der Waals surface area contributed by atoms with Crippen LogP contribution in [-0.2, 0) is 6.42 Å². The molecule has 0 saturated carbocycles. The monoisotopic (exact) mass is 229 g/mol. The molecule has 0 aromatic heterocycles. The van der Waals surface area contributed by atoms with Crippen LogP contribution in [0.2, 0.25) is 5.02 Å². The predicted octanol–water partition coefficient (Wildman–Crippen LogP) is 4.50. The molecule has 1 radical (unpaired) electrons. The highest BCUT2D eigenvalue weighted by Crippen LogP contribution is 2.16. The number of hydrogen-bond donors (Lipinski definition) is 0. The molecule has 16 heavy (non-hydrogen) atoms. The summed E-state index contributed by atoms with van der Waals surface area (Å²) in [6.45, 7) is 2.16. The molecule has 1 heteroatoms. The third kappa shape index (κ3) is 2.86. The fourth-order valence-corrected chi connectivity index (χ4v) is 1.84. The molecule has 0 fully saturated rings. The highest BCUT2D eigenvalue weighted by molar-refractivity contribution is 6.30. The number of aryl methyl sites for hydroxylation is 1. The summed E-state index contributed by atoms with van der Waals surface area (Å²) in [5, 5.41) is 0.777. The molecule has 0 bridgehead atoms. The Kier molecular flexibility index (Phi) is 3.63. The second kappa shape index (κ2) is 5.18. The Labute approximate surface area is 102 Å². The molecule has 0 aliphatic carbocycles. The Balaban J connectivity index is 2.14. The van der Waals surface area contributed by atoms with E-state index in [4.69, 9.17) is 11.6 Å². The zero-order valence-corrected chi connectivity index (χ0v) is 10.0. The van der Waals surface area contributed by atoms with Crippen molar-refractivity contribution >= 4 is 11.6 Å². The molecule has 0 aliphatic heterocycles. The molecular weight excluding hydrogens is 216 g/mol. The highest BCUT2D eigenvalue weighted by atomic mass is 35.5. The zero-order valence-electron chi connectivity index (χ0n) is 9.28. The summed E-state index contributed by atoms with van der Waals surface area (Å²) in [7, 11) is 0. The van der Waals surface area contributed by atoms with E-state index in [1.54, 1.807) is 0 Å². The molecule has 81 valence electrons. The SMILES string of the molecule is CCc1ccc([CH]c2cccc(Cl)c2)cc1. The lowest BCUT2D eigenvalue weighted by molar-refractivity contribution is 1.14. The molecule has 2 aromatic carbocycles. The maximum atomic E-state index is 5.94. The Hall–Kier alpha value is -1.27.